The summed E-state index contributed by atoms with van der Waals surface area (Å²) in [5, 5.41) is 12.2. The molecule has 2 N–H and O–H groups in total. The maximum absolute atomic E-state index is 12.0. The number of nitrogens with zero attached hydrogens (tertiary/aromatic N) is 1. The average molecular weight is 264 g/mol. The molecule has 1 rings (SSSR count). The molecule has 1 aromatic heterocycles. The molecule has 19 heavy (non-hydrogen) atoms. The first-order valence-corrected chi connectivity index (χ1v) is 6.67. The van der Waals surface area contributed by atoms with Gasteiger partial charge < -0.3 is 10.4 Å². The Morgan fingerprint density at radius 1 is 1.37 bits per heavy atom. The maximum Gasteiger partial charge on any atom is 0.225 e. The molecule has 0 aliphatic heterocycles. The van der Waals surface area contributed by atoms with Crippen LogP contribution in [-0.2, 0) is 10.2 Å². The predicted molar refractivity (Wildman–Crippen MR) is 75.7 cm³/mol. The van der Waals surface area contributed by atoms with Gasteiger partial charge in [0.25, 0.3) is 0 Å². The lowest BCUT2D eigenvalue weighted by atomic mass is 9.85. The standard InChI is InChI=1S/C15H24N2O2/c1-11(2)13(9-18)14(19)17-10-15(3,4)12-5-7-16-8-6-12/h5-8,11,13,18H,9-10H2,1-4H3,(H,17,19). The van der Waals surface area contributed by atoms with Gasteiger partial charge >= 0.3 is 0 Å². The fraction of sp³-hybridized carbons (Fsp3) is 0.600. The van der Waals surface area contributed by atoms with Gasteiger partial charge in [0.05, 0.1) is 12.5 Å². The van der Waals surface area contributed by atoms with Crippen LogP contribution in [-0.4, -0.2) is 29.1 Å². The first-order chi connectivity index (χ1) is 8.88. The van der Waals surface area contributed by atoms with Gasteiger partial charge in [-0.05, 0) is 23.6 Å². The Bertz CT molecular complexity index is 402. The van der Waals surface area contributed by atoms with Crippen molar-refractivity contribution in [1.29, 1.82) is 0 Å². The number of carbonyl (C=O) groups is 1. The second-order valence-electron chi connectivity index (χ2n) is 5.87. The van der Waals surface area contributed by atoms with Crippen molar-refractivity contribution in [3.8, 4) is 0 Å². The number of hydrogen-bond acceptors (Lipinski definition) is 3. The number of carbonyl (C=O) groups excluding carboxylic acids is 1. The number of aromatic nitrogens is 1. The summed E-state index contributed by atoms with van der Waals surface area (Å²) in [6.07, 6.45) is 3.51. The summed E-state index contributed by atoms with van der Waals surface area (Å²) in [6, 6.07) is 3.91. The molecule has 0 bridgehead atoms. The minimum absolute atomic E-state index is 0.0837. The Labute approximate surface area is 115 Å². The van der Waals surface area contributed by atoms with E-state index in [0.29, 0.717) is 6.54 Å². The molecule has 0 aromatic carbocycles. The van der Waals surface area contributed by atoms with Crippen LogP contribution < -0.4 is 5.32 Å². The highest BCUT2D eigenvalue weighted by Gasteiger charge is 2.25. The number of amides is 1. The molecule has 1 atom stereocenters. The fourth-order valence-corrected chi connectivity index (χ4v) is 1.94. The Morgan fingerprint density at radius 3 is 2.42 bits per heavy atom. The van der Waals surface area contributed by atoms with E-state index in [9.17, 15) is 9.90 Å². The maximum atomic E-state index is 12.0. The summed E-state index contributed by atoms with van der Waals surface area (Å²) < 4.78 is 0. The van der Waals surface area contributed by atoms with Crippen molar-refractivity contribution in [2.45, 2.75) is 33.1 Å². The summed E-state index contributed by atoms with van der Waals surface area (Å²) >= 11 is 0. The molecule has 1 heterocycles. The molecular weight excluding hydrogens is 240 g/mol. The highest BCUT2D eigenvalue weighted by Crippen LogP contribution is 2.21. The van der Waals surface area contributed by atoms with Crippen molar-refractivity contribution in [1.82, 2.24) is 10.3 Å². The van der Waals surface area contributed by atoms with Crippen LogP contribution in [0.4, 0.5) is 0 Å². The normalized spacial score (nSPS) is 13.4. The number of pyridine rings is 1. The molecule has 0 radical (unpaired) electrons. The molecule has 0 saturated carbocycles. The van der Waals surface area contributed by atoms with Gasteiger partial charge in [0.2, 0.25) is 5.91 Å². The van der Waals surface area contributed by atoms with E-state index < -0.39 is 0 Å². The van der Waals surface area contributed by atoms with Crippen LogP contribution in [0.3, 0.4) is 0 Å². The molecule has 4 heteroatoms. The van der Waals surface area contributed by atoms with E-state index in [-0.39, 0.29) is 29.8 Å². The van der Waals surface area contributed by atoms with E-state index in [1.165, 1.54) is 0 Å². The van der Waals surface area contributed by atoms with Gasteiger partial charge in [0.1, 0.15) is 0 Å². The van der Waals surface area contributed by atoms with E-state index in [0.717, 1.165) is 5.56 Å². The summed E-state index contributed by atoms with van der Waals surface area (Å²) in [5.41, 5.74) is 0.975. The van der Waals surface area contributed by atoms with Crippen LogP contribution in [0.15, 0.2) is 24.5 Å². The van der Waals surface area contributed by atoms with Crippen LogP contribution in [0.2, 0.25) is 0 Å². The molecular formula is C15H24N2O2. The van der Waals surface area contributed by atoms with Crippen LogP contribution in [0, 0.1) is 11.8 Å². The van der Waals surface area contributed by atoms with Gasteiger partial charge in [0, 0.05) is 24.4 Å². The van der Waals surface area contributed by atoms with Gasteiger partial charge in [-0.25, -0.2) is 0 Å². The van der Waals surface area contributed by atoms with Crippen molar-refractivity contribution in [3.63, 3.8) is 0 Å². The smallest absolute Gasteiger partial charge is 0.225 e. The van der Waals surface area contributed by atoms with Crippen molar-refractivity contribution < 1.29 is 9.90 Å². The quantitative estimate of drug-likeness (QED) is 0.822. The summed E-state index contributed by atoms with van der Waals surface area (Å²) in [6.45, 7) is 8.46. The topological polar surface area (TPSA) is 62.2 Å². The predicted octanol–water partition coefficient (Wildman–Crippen LogP) is 1.74. The van der Waals surface area contributed by atoms with E-state index >= 15 is 0 Å². The molecule has 1 aromatic rings. The van der Waals surface area contributed by atoms with E-state index in [4.69, 9.17) is 0 Å². The molecule has 0 fully saturated rings. The van der Waals surface area contributed by atoms with Crippen LogP contribution >= 0.6 is 0 Å². The molecule has 0 aliphatic rings. The van der Waals surface area contributed by atoms with Crippen molar-refractivity contribution in [2.75, 3.05) is 13.2 Å². The third-order valence-electron chi connectivity index (χ3n) is 3.50. The Balaban J connectivity index is 2.63. The van der Waals surface area contributed by atoms with E-state index in [1.54, 1.807) is 12.4 Å². The summed E-state index contributed by atoms with van der Waals surface area (Å²) in [4.78, 5) is 16.0. The van der Waals surface area contributed by atoms with Gasteiger partial charge in [-0.1, -0.05) is 27.7 Å². The van der Waals surface area contributed by atoms with Crippen molar-refractivity contribution >= 4 is 5.91 Å². The van der Waals surface area contributed by atoms with Gasteiger partial charge in [-0.15, -0.1) is 0 Å². The minimum atomic E-state index is -0.340. The second-order valence-corrected chi connectivity index (χ2v) is 5.87. The zero-order chi connectivity index (χ0) is 14.5. The number of hydrogen-bond donors (Lipinski definition) is 2. The van der Waals surface area contributed by atoms with Crippen molar-refractivity contribution in [2.24, 2.45) is 11.8 Å². The average Bonchev–Trinajstić information content (AvgIpc) is 2.38. The van der Waals surface area contributed by atoms with Gasteiger partial charge in [-0.3, -0.25) is 9.78 Å². The Hall–Kier alpha value is -1.42. The third-order valence-corrected chi connectivity index (χ3v) is 3.50. The lowest BCUT2D eigenvalue weighted by Crippen LogP contribution is -2.42. The third kappa shape index (κ3) is 4.31. The number of aliphatic hydroxyl groups is 1. The number of rotatable bonds is 6. The van der Waals surface area contributed by atoms with Crippen LogP contribution in [0.5, 0.6) is 0 Å². The first kappa shape index (κ1) is 15.6. The summed E-state index contributed by atoms with van der Waals surface area (Å²) in [5.74, 6) is -0.290. The highest BCUT2D eigenvalue weighted by atomic mass is 16.3. The molecule has 1 unspecified atom stereocenters. The van der Waals surface area contributed by atoms with E-state index in [1.807, 2.05) is 26.0 Å². The fourth-order valence-electron chi connectivity index (χ4n) is 1.94. The number of nitrogens with one attached hydrogen (secondary N) is 1. The lowest BCUT2D eigenvalue weighted by molar-refractivity contribution is -0.127. The first-order valence-electron chi connectivity index (χ1n) is 6.67. The molecule has 0 spiro atoms. The van der Waals surface area contributed by atoms with E-state index in [2.05, 4.69) is 24.1 Å². The Morgan fingerprint density at radius 2 is 1.95 bits per heavy atom. The lowest BCUT2D eigenvalue weighted by Gasteiger charge is -2.27. The monoisotopic (exact) mass is 264 g/mol. The zero-order valence-corrected chi connectivity index (χ0v) is 12.2. The molecule has 1 amide bonds. The van der Waals surface area contributed by atoms with Crippen LogP contribution in [0.25, 0.3) is 0 Å². The van der Waals surface area contributed by atoms with Gasteiger partial charge in [0.15, 0.2) is 0 Å². The molecule has 0 aliphatic carbocycles. The largest absolute Gasteiger partial charge is 0.396 e. The zero-order valence-electron chi connectivity index (χ0n) is 12.2. The minimum Gasteiger partial charge on any atom is -0.396 e. The molecule has 106 valence electrons. The number of aliphatic hydroxyl groups excluding tert-OH is 1. The Kier molecular flexibility index (Phi) is 5.48. The highest BCUT2D eigenvalue weighted by molar-refractivity contribution is 5.79. The SMILES string of the molecule is CC(C)C(CO)C(=O)NCC(C)(C)c1ccncc1. The van der Waals surface area contributed by atoms with Gasteiger partial charge in [-0.2, -0.15) is 0 Å². The molecule has 4 nitrogen and oxygen atoms in total. The molecule has 0 saturated heterocycles. The van der Waals surface area contributed by atoms with Crippen LogP contribution in [0.1, 0.15) is 33.3 Å². The van der Waals surface area contributed by atoms with Crippen molar-refractivity contribution in [3.05, 3.63) is 30.1 Å². The second kappa shape index (κ2) is 6.66. The summed E-state index contributed by atoms with van der Waals surface area (Å²) in [7, 11) is 0.